The number of morpholine rings is 1. The van der Waals surface area contributed by atoms with Crippen molar-refractivity contribution in [2.24, 2.45) is 0 Å². The molecule has 1 aliphatic heterocycles. The molecule has 1 heterocycles. The minimum absolute atomic E-state index is 0.139. The molecular formula is C21H27N3O2S. The van der Waals surface area contributed by atoms with Crippen LogP contribution < -0.4 is 15.4 Å². The summed E-state index contributed by atoms with van der Waals surface area (Å²) in [7, 11) is 1.67. The highest BCUT2D eigenvalue weighted by atomic mass is 32.1. The van der Waals surface area contributed by atoms with Crippen LogP contribution in [-0.2, 0) is 11.3 Å². The minimum Gasteiger partial charge on any atom is -0.497 e. The van der Waals surface area contributed by atoms with Crippen LogP contribution in [0.2, 0.25) is 0 Å². The number of hydrogen-bond donors (Lipinski definition) is 2. The van der Waals surface area contributed by atoms with Crippen LogP contribution in [0.15, 0.2) is 54.6 Å². The fourth-order valence-corrected chi connectivity index (χ4v) is 3.31. The Hall–Kier alpha value is -2.15. The Bertz CT molecular complexity index is 703. The minimum atomic E-state index is 0.139. The molecule has 2 aromatic carbocycles. The van der Waals surface area contributed by atoms with Crippen LogP contribution in [0.1, 0.15) is 17.2 Å². The summed E-state index contributed by atoms with van der Waals surface area (Å²) >= 11 is 5.56. The lowest BCUT2D eigenvalue weighted by atomic mass is 10.1. The summed E-state index contributed by atoms with van der Waals surface area (Å²) in [4.78, 5) is 2.42. The quantitative estimate of drug-likeness (QED) is 0.715. The monoisotopic (exact) mass is 385 g/mol. The van der Waals surface area contributed by atoms with E-state index in [0.717, 1.165) is 44.2 Å². The van der Waals surface area contributed by atoms with E-state index in [2.05, 4.69) is 39.8 Å². The lowest BCUT2D eigenvalue weighted by molar-refractivity contribution is 0.0343. The molecule has 0 aliphatic carbocycles. The van der Waals surface area contributed by atoms with Crippen molar-refractivity contribution in [3.8, 4) is 5.75 Å². The molecule has 3 rings (SSSR count). The Morgan fingerprint density at radius 2 is 1.81 bits per heavy atom. The maximum Gasteiger partial charge on any atom is 0.167 e. The molecule has 27 heavy (non-hydrogen) atoms. The fourth-order valence-electron chi connectivity index (χ4n) is 3.10. The molecular weight excluding hydrogens is 358 g/mol. The van der Waals surface area contributed by atoms with E-state index < -0.39 is 0 Å². The van der Waals surface area contributed by atoms with Crippen molar-refractivity contribution in [3.63, 3.8) is 0 Å². The van der Waals surface area contributed by atoms with Crippen molar-refractivity contribution >= 4 is 17.3 Å². The topological polar surface area (TPSA) is 45.8 Å². The van der Waals surface area contributed by atoms with Gasteiger partial charge in [-0.05, 0) is 35.5 Å². The highest BCUT2D eigenvalue weighted by molar-refractivity contribution is 7.80. The first-order chi connectivity index (χ1) is 13.2. The van der Waals surface area contributed by atoms with Crippen LogP contribution in [0.4, 0.5) is 0 Å². The molecule has 0 bridgehead atoms. The van der Waals surface area contributed by atoms with E-state index in [9.17, 15) is 0 Å². The average molecular weight is 386 g/mol. The summed E-state index contributed by atoms with van der Waals surface area (Å²) < 4.78 is 10.7. The highest BCUT2D eigenvalue weighted by Gasteiger charge is 2.19. The van der Waals surface area contributed by atoms with Gasteiger partial charge in [0, 0.05) is 26.2 Å². The summed E-state index contributed by atoms with van der Waals surface area (Å²) in [5.74, 6) is 0.856. The van der Waals surface area contributed by atoms with Gasteiger partial charge in [-0.1, -0.05) is 42.5 Å². The molecule has 2 aromatic rings. The van der Waals surface area contributed by atoms with E-state index in [1.807, 2.05) is 30.3 Å². The zero-order chi connectivity index (χ0) is 18.9. The normalized spacial score (nSPS) is 15.7. The van der Waals surface area contributed by atoms with Crippen LogP contribution in [0.3, 0.4) is 0 Å². The number of ether oxygens (including phenoxy) is 2. The van der Waals surface area contributed by atoms with E-state index in [0.29, 0.717) is 11.7 Å². The Morgan fingerprint density at radius 3 is 2.48 bits per heavy atom. The number of thiocarbonyl (C=S) groups is 1. The zero-order valence-corrected chi connectivity index (χ0v) is 16.5. The molecule has 0 amide bonds. The maximum atomic E-state index is 5.56. The first-order valence-corrected chi connectivity index (χ1v) is 9.68. The van der Waals surface area contributed by atoms with Crippen molar-refractivity contribution in [1.82, 2.24) is 15.5 Å². The molecule has 1 fully saturated rings. The van der Waals surface area contributed by atoms with Gasteiger partial charge in [-0.15, -0.1) is 0 Å². The summed E-state index contributed by atoms with van der Waals surface area (Å²) in [6.45, 7) is 5.07. The highest BCUT2D eigenvalue weighted by Crippen LogP contribution is 2.15. The van der Waals surface area contributed by atoms with Gasteiger partial charge in [0.2, 0.25) is 0 Å². The largest absolute Gasteiger partial charge is 0.497 e. The molecule has 0 unspecified atom stereocenters. The molecule has 0 spiro atoms. The summed E-state index contributed by atoms with van der Waals surface area (Å²) in [5, 5.41) is 7.46. The molecule has 1 saturated heterocycles. The van der Waals surface area contributed by atoms with Crippen molar-refractivity contribution in [1.29, 1.82) is 0 Å². The van der Waals surface area contributed by atoms with E-state index in [4.69, 9.17) is 21.7 Å². The Morgan fingerprint density at radius 1 is 1.11 bits per heavy atom. The lowest BCUT2D eigenvalue weighted by Crippen LogP contribution is -2.45. The molecule has 1 atom stereocenters. The SMILES string of the molecule is COc1ccc(CNC(=S)N[C@@H](CN2CCOCC2)c2ccccc2)cc1. The van der Waals surface area contributed by atoms with Crippen LogP contribution in [0, 0.1) is 0 Å². The summed E-state index contributed by atoms with van der Waals surface area (Å²) in [6.07, 6.45) is 0. The Kier molecular flexibility index (Phi) is 7.45. The molecule has 144 valence electrons. The number of rotatable bonds is 7. The fraction of sp³-hybridized carbons (Fsp3) is 0.381. The van der Waals surface area contributed by atoms with Gasteiger partial charge in [-0.25, -0.2) is 0 Å². The summed E-state index contributed by atoms with van der Waals surface area (Å²) in [6, 6.07) is 18.6. The third-order valence-electron chi connectivity index (χ3n) is 4.66. The van der Waals surface area contributed by atoms with Crippen LogP contribution >= 0.6 is 12.2 Å². The van der Waals surface area contributed by atoms with E-state index >= 15 is 0 Å². The average Bonchev–Trinajstić information content (AvgIpc) is 2.73. The van der Waals surface area contributed by atoms with Gasteiger partial charge < -0.3 is 20.1 Å². The van der Waals surface area contributed by atoms with Crippen LogP contribution in [0.25, 0.3) is 0 Å². The number of benzene rings is 2. The lowest BCUT2D eigenvalue weighted by Gasteiger charge is -2.31. The van der Waals surface area contributed by atoms with Crippen molar-refractivity contribution < 1.29 is 9.47 Å². The molecule has 5 nitrogen and oxygen atoms in total. The zero-order valence-electron chi connectivity index (χ0n) is 15.7. The molecule has 0 radical (unpaired) electrons. The second kappa shape index (κ2) is 10.3. The Labute approximate surface area is 166 Å². The predicted molar refractivity (Wildman–Crippen MR) is 112 cm³/mol. The molecule has 1 aliphatic rings. The maximum absolute atomic E-state index is 5.56. The molecule has 0 aromatic heterocycles. The number of methoxy groups -OCH3 is 1. The Balaban J connectivity index is 1.57. The predicted octanol–water partition coefficient (Wildman–Crippen LogP) is 2.73. The van der Waals surface area contributed by atoms with Gasteiger partial charge in [0.05, 0.1) is 26.4 Å². The number of nitrogens with zero attached hydrogens (tertiary/aromatic N) is 1. The van der Waals surface area contributed by atoms with Gasteiger partial charge in [-0.3, -0.25) is 4.90 Å². The first kappa shape index (κ1) is 19.6. The van der Waals surface area contributed by atoms with E-state index in [1.165, 1.54) is 5.56 Å². The van der Waals surface area contributed by atoms with E-state index in [1.54, 1.807) is 7.11 Å². The number of nitrogens with one attached hydrogen (secondary N) is 2. The van der Waals surface area contributed by atoms with Gasteiger partial charge >= 0.3 is 0 Å². The van der Waals surface area contributed by atoms with Gasteiger partial charge in [0.15, 0.2) is 5.11 Å². The van der Waals surface area contributed by atoms with Gasteiger partial charge in [0.25, 0.3) is 0 Å². The van der Waals surface area contributed by atoms with Crippen molar-refractivity contribution in [2.45, 2.75) is 12.6 Å². The molecule has 6 heteroatoms. The van der Waals surface area contributed by atoms with Gasteiger partial charge in [0.1, 0.15) is 5.75 Å². The van der Waals surface area contributed by atoms with Crippen molar-refractivity contribution in [3.05, 3.63) is 65.7 Å². The molecule has 0 saturated carbocycles. The third kappa shape index (κ3) is 6.20. The van der Waals surface area contributed by atoms with E-state index in [-0.39, 0.29) is 6.04 Å². The third-order valence-corrected chi connectivity index (χ3v) is 4.93. The smallest absolute Gasteiger partial charge is 0.167 e. The second-order valence-corrected chi connectivity index (χ2v) is 6.96. The second-order valence-electron chi connectivity index (χ2n) is 6.55. The van der Waals surface area contributed by atoms with Gasteiger partial charge in [-0.2, -0.15) is 0 Å². The molecule has 2 N–H and O–H groups in total. The van der Waals surface area contributed by atoms with Crippen LogP contribution in [0.5, 0.6) is 5.75 Å². The van der Waals surface area contributed by atoms with Crippen LogP contribution in [-0.4, -0.2) is 50.0 Å². The first-order valence-electron chi connectivity index (χ1n) is 9.27. The summed E-state index contributed by atoms with van der Waals surface area (Å²) in [5.41, 5.74) is 2.39. The number of hydrogen-bond acceptors (Lipinski definition) is 4. The standard InChI is InChI=1S/C21H27N3O2S/c1-25-19-9-7-17(8-10-19)15-22-21(27)23-20(18-5-3-2-4-6-18)16-24-11-13-26-14-12-24/h2-10,20H,11-16H2,1H3,(H2,22,23,27)/t20-/m0/s1. The van der Waals surface area contributed by atoms with Crippen molar-refractivity contribution in [2.75, 3.05) is 40.0 Å².